The first-order valence-corrected chi connectivity index (χ1v) is 3.80. The molecule has 0 aromatic carbocycles. The molecule has 2 heteroatoms. The van der Waals surface area contributed by atoms with Crippen LogP contribution in [0.2, 0.25) is 0 Å². The van der Waals surface area contributed by atoms with E-state index >= 15 is 0 Å². The molecule has 0 bridgehead atoms. The molecule has 10 heavy (non-hydrogen) atoms. The maximum Gasteiger partial charge on any atom is 0.0612 e. The molecule has 0 aromatic rings. The highest BCUT2D eigenvalue weighted by molar-refractivity contribution is 4.94. The molecule has 58 valence electrons. The Balaban J connectivity index is 2.33. The second-order valence-electron chi connectivity index (χ2n) is 2.77. The van der Waals surface area contributed by atoms with Gasteiger partial charge in [0.25, 0.3) is 0 Å². The summed E-state index contributed by atoms with van der Waals surface area (Å²) in [5.74, 6) is 0.298. The van der Waals surface area contributed by atoms with Crippen molar-refractivity contribution >= 4 is 0 Å². The van der Waals surface area contributed by atoms with Crippen molar-refractivity contribution in [2.75, 3.05) is 6.61 Å². The van der Waals surface area contributed by atoms with Crippen molar-refractivity contribution in [3.05, 3.63) is 12.2 Å². The van der Waals surface area contributed by atoms with E-state index in [1.165, 1.54) is 0 Å². The highest BCUT2D eigenvalue weighted by Gasteiger charge is 2.21. The maximum atomic E-state index is 9.28. The smallest absolute Gasteiger partial charge is 0.0612 e. The third kappa shape index (κ3) is 1.82. The predicted octanol–water partition coefficient (Wildman–Crippen LogP) is 0.696. The Hall–Kier alpha value is -0.340. The fraction of sp³-hybridized carbons (Fsp3) is 0.750. The number of aliphatic hydroxyl groups excluding tert-OH is 2. The first-order valence-electron chi connectivity index (χ1n) is 3.80. The average Bonchev–Trinajstić information content (AvgIpc) is 2.31. The molecule has 2 N–H and O–H groups in total. The van der Waals surface area contributed by atoms with Crippen LogP contribution in [0.1, 0.15) is 19.3 Å². The standard InChI is InChI=1S/C8H14O2/c9-6-2-4-7-3-1-5-8(7)10/h2,4,7-10H,1,3,5-6H2/b4-2+/t7-,8+/m0/s1. The van der Waals surface area contributed by atoms with Crippen molar-refractivity contribution in [1.29, 1.82) is 0 Å². The molecule has 2 atom stereocenters. The van der Waals surface area contributed by atoms with Crippen LogP contribution in [0.3, 0.4) is 0 Å². The fourth-order valence-electron chi connectivity index (χ4n) is 1.43. The number of aliphatic hydroxyl groups is 2. The molecule has 0 unspecified atom stereocenters. The van der Waals surface area contributed by atoms with E-state index in [2.05, 4.69) is 0 Å². The third-order valence-electron chi connectivity index (χ3n) is 2.02. The lowest BCUT2D eigenvalue weighted by Gasteiger charge is -2.07. The molecule has 1 aliphatic rings. The van der Waals surface area contributed by atoms with Gasteiger partial charge in [-0.3, -0.25) is 0 Å². The summed E-state index contributed by atoms with van der Waals surface area (Å²) in [4.78, 5) is 0. The van der Waals surface area contributed by atoms with Crippen LogP contribution in [-0.2, 0) is 0 Å². The van der Waals surface area contributed by atoms with E-state index in [1.807, 2.05) is 6.08 Å². The zero-order valence-electron chi connectivity index (χ0n) is 6.03. The number of hydrogen-bond acceptors (Lipinski definition) is 2. The van der Waals surface area contributed by atoms with Gasteiger partial charge in [-0.25, -0.2) is 0 Å². The highest BCUT2D eigenvalue weighted by Crippen LogP contribution is 2.26. The molecule has 0 aromatic heterocycles. The van der Waals surface area contributed by atoms with E-state index < -0.39 is 0 Å². The second-order valence-corrected chi connectivity index (χ2v) is 2.77. The van der Waals surface area contributed by atoms with Gasteiger partial charge in [0.05, 0.1) is 12.7 Å². The van der Waals surface area contributed by atoms with Crippen molar-refractivity contribution in [3.8, 4) is 0 Å². The fourth-order valence-corrected chi connectivity index (χ4v) is 1.43. The Bertz CT molecular complexity index is 120. The third-order valence-corrected chi connectivity index (χ3v) is 2.02. The quantitative estimate of drug-likeness (QED) is 0.557. The van der Waals surface area contributed by atoms with Gasteiger partial charge in [0, 0.05) is 5.92 Å². The Labute approximate surface area is 61.2 Å². The van der Waals surface area contributed by atoms with Crippen LogP contribution in [0.15, 0.2) is 12.2 Å². The van der Waals surface area contributed by atoms with E-state index in [-0.39, 0.29) is 12.7 Å². The first-order chi connectivity index (χ1) is 4.84. The molecule has 0 aliphatic heterocycles. The van der Waals surface area contributed by atoms with Crippen LogP contribution in [0.5, 0.6) is 0 Å². The molecule has 1 saturated carbocycles. The minimum Gasteiger partial charge on any atom is -0.393 e. The van der Waals surface area contributed by atoms with Gasteiger partial charge in [-0.05, 0) is 12.8 Å². The summed E-state index contributed by atoms with van der Waals surface area (Å²) in [6.45, 7) is 0.0865. The summed E-state index contributed by atoms with van der Waals surface area (Å²) >= 11 is 0. The van der Waals surface area contributed by atoms with Gasteiger partial charge in [0.15, 0.2) is 0 Å². The van der Waals surface area contributed by atoms with Crippen LogP contribution in [0, 0.1) is 5.92 Å². The zero-order chi connectivity index (χ0) is 7.40. The minimum absolute atomic E-state index is 0.0865. The molecule has 1 fully saturated rings. The van der Waals surface area contributed by atoms with Crippen LogP contribution < -0.4 is 0 Å². The molecule has 1 aliphatic carbocycles. The Morgan fingerprint density at radius 3 is 2.70 bits per heavy atom. The SMILES string of the molecule is OC/C=C/[C@@H]1CCC[C@H]1O. The average molecular weight is 142 g/mol. The monoisotopic (exact) mass is 142 g/mol. The van der Waals surface area contributed by atoms with Crippen LogP contribution >= 0.6 is 0 Å². The largest absolute Gasteiger partial charge is 0.393 e. The molecule has 1 rings (SSSR count). The summed E-state index contributed by atoms with van der Waals surface area (Å²) < 4.78 is 0. The molecule has 0 amide bonds. The normalized spacial score (nSPS) is 33.8. The molecule has 0 heterocycles. The zero-order valence-corrected chi connectivity index (χ0v) is 6.03. The van der Waals surface area contributed by atoms with Crippen molar-refractivity contribution < 1.29 is 10.2 Å². The van der Waals surface area contributed by atoms with Crippen molar-refractivity contribution in [2.45, 2.75) is 25.4 Å². The lowest BCUT2D eigenvalue weighted by molar-refractivity contribution is 0.153. The van der Waals surface area contributed by atoms with E-state index in [4.69, 9.17) is 5.11 Å². The first kappa shape index (κ1) is 7.76. The van der Waals surface area contributed by atoms with Crippen LogP contribution in [-0.4, -0.2) is 22.9 Å². The van der Waals surface area contributed by atoms with Gasteiger partial charge in [-0.2, -0.15) is 0 Å². The Kier molecular flexibility index (Phi) is 2.90. The molecular formula is C8H14O2. The van der Waals surface area contributed by atoms with E-state index in [1.54, 1.807) is 6.08 Å². The van der Waals surface area contributed by atoms with Crippen LogP contribution in [0.4, 0.5) is 0 Å². The van der Waals surface area contributed by atoms with Gasteiger partial charge >= 0.3 is 0 Å². The van der Waals surface area contributed by atoms with Crippen molar-refractivity contribution in [1.82, 2.24) is 0 Å². The van der Waals surface area contributed by atoms with Crippen molar-refractivity contribution in [3.63, 3.8) is 0 Å². The van der Waals surface area contributed by atoms with Gasteiger partial charge in [0.1, 0.15) is 0 Å². The summed E-state index contributed by atoms with van der Waals surface area (Å²) in [7, 11) is 0. The topological polar surface area (TPSA) is 40.5 Å². The lowest BCUT2D eigenvalue weighted by Crippen LogP contribution is -2.09. The summed E-state index contributed by atoms with van der Waals surface area (Å²) in [6.07, 6.45) is 6.55. The highest BCUT2D eigenvalue weighted by atomic mass is 16.3. The van der Waals surface area contributed by atoms with E-state index in [0.29, 0.717) is 5.92 Å². The van der Waals surface area contributed by atoms with E-state index in [0.717, 1.165) is 19.3 Å². The molecule has 0 radical (unpaired) electrons. The Morgan fingerprint density at radius 2 is 2.20 bits per heavy atom. The molecular weight excluding hydrogens is 128 g/mol. The van der Waals surface area contributed by atoms with Gasteiger partial charge in [-0.15, -0.1) is 0 Å². The van der Waals surface area contributed by atoms with Gasteiger partial charge in [-0.1, -0.05) is 18.6 Å². The number of hydrogen-bond donors (Lipinski definition) is 2. The van der Waals surface area contributed by atoms with Gasteiger partial charge in [0.2, 0.25) is 0 Å². The van der Waals surface area contributed by atoms with E-state index in [9.17, 15) is 5.11 Å². The van der Waals surface area contributed by atoms with Crippen LogP contribution in [0.25, 0.3) is 0 Å². The molecule has 0 spiro atoms. The summed E-state index contributed by atoms with van der Waals surface area (Å²) in [6, 6.07) is 0. The molecule has 0 saturated heterocycles. The molecule has 2 nitrogen and oxygen atoms in total. The van der Waals surface area contributed by atoms with Gasteiger partial charge < -0.3 is 10.2 Å². The lowest BCUT2D eigenvalue weighted by atomic mass is 10.1. The second kappa shape index (κ2) is 3.74. The number of rotatable bonds is 2. The maximum absolute atomic E-state index is 9.28. The summed E-state index contributed by atoms with van der Waals surface area (Å²) in [5.41, 5.74) is 0. The summed E-state index contributed by atoms with van der Waals surface area (Å²) in [5, 5.41) is 17.7. The Morgan fingerprint density at radius 1 is 1.40 bits per heavy atom. The minimum atomic E-state index is -0.164. The van der Waals surface area contributed by atoms with Crippen molar-refractivity contribution in [2.24, 2.45) is 5.92 Å². The predicted molar refractivity (Wildman–Crippen MR) is 39.6 cm³/mol.